The largest absolute Gasteiger partial charge is 0.508 e. The molecule has 1 aromatic rings. The summed E-state index contributed by atoms with van der Waals surface area (Å²) in [6.07, 6.45) is 0.405. The number of phenols is 1. The first-order valence-electron chi connectivity index (χ1n) is 6.02. The lowest BCUT2D eigenvalue weighted by Crippen LogP contribution is -2.06. The Morgan fingerprint density at radius 2 is 2.11 bits per heavy atom. The van der Waals surface area contributed by atoms with Gasteiger partial charge in [0.1, 0.15) is 11.5 Å². The van der Waals surface area contributed by atoms with E-state index in [9.17, 15) is 9.90 Å². The normalized spacial score (nSPS) is 12.0. The number of ether oxygens (including phenoxy) is 1. The van der Waals surface area contributed by atoms with Gasteiger partial charge in [0.2, 0.25) is 0 Å². The number of Topliss-reactive ketones (excluding diaryl/α,β-unsaturated/α-hetero) is 1. The maximum atomic E-state index is 11.9. The summed E-state index contributed by atoms with van der Waals surface area (Å²) < 4.78 is 5.33. The zero-order valence-electron chi connectivity index (χ0n) is 11.4. The third kappa shape index (κ3) is 2.55. The van der Waals surface area contributed by atoms with E-state index < -0.39 is 0 Å². The van der Waals surface area contributed by atoms with E-state index in [0.717, 1.165) is 5.57 Å². The van der Waals surface area contributed by atoms with E-state index in [1.165, 1.54) is 7.11 Å². The molecule has 0 amide bonds. The van der Waals surface area contributed by atoms with E-state index in [2.05, 4.69) is 6.58 Å². The molecule has 0 saturated carbocycles. The Balaban J connectivity index is 3.48. The number of hydrogen-bond donors (Lipinski definition) is 1. The number of ketones is 1. The third-order valence-corrected chi connectivity index (χ3v) is 3.17. The Morgan fingerprint density at radius 1 is 1.50 bits per heavy atom. The molecule has 0 unspecified atom stereocenters. The summed E-state index contributed by atoms with van der Waals surface area (Å²) >= 11 is 0. The first-order valence-corrected chi connectivity index (χ1v) is 6.02. The van der Waals surface area contributed by atoms with Crippen molar-refractivity contribution in [2.75, 3.05) is 7.11 Å². The van der Waals surface area contributed by atoms with Crippen LogP contribution < -0.4 is 4.74 Å². The highest BCUT2D eigenvalue weighted by Crippen LogP contribution is 2.40. The van der Waals surface area contributed by atoms with E-state index in [4.69, 9.17) is 4.74 Å². The maximum absolute atomic E-state index is 11.9. The monoisotopic (exact) mass is 248 g/mol. The molecule has 0 aliphatic rings. The molecule has 18 heavy (non-hydrogen) atoms. The molecule has 0 fully saturated rings. The number of carbonyl (C=O) groups is 1. The lowest BCUT2D eigenvalue weighted by molar-refractivity contribution is 0.0985. The molecule has 3 nitrogen and oxygen atoms in total. The lowest BCUT2D eigenvalue weighted by Gasteiger charge is -2.19. The van der Waals surface area contributed by atoms with Crippen LogP contribution in [0.25, 0.3) is 0 Å². The molecule has 0 bridgehead atoms. The Hall–Kier alpha value is -1.77. The highest BCUT2D eigenvalue weighted by molar-refractivity contribution is 5.99. The summed E-state index contributed by atoms with van der Waals surface area (Å²) in [5, 5.41) is 9.99. The quantitative estimate of drug-likeness (QED) is 0.638. The van der Waals surface area contributed by atoms with Gasteiger partial charge in [0, 0.05) is 17.9 Å². The van der Waals surface area contributed by atoms with Crippen LogP contribution in [0.1, 0.15) is 49.0 Å². The van der Waals surface area contributed by atoms with E-state index in [1.54, 1.807) is 19.1 Å². The van der Waals surface area contributed by atoms with Crippen LogP contribution in [0.2, 0.25) is 0 Å². The number of phenolic OH excluding ortho intramolecular Hbond substituents is 1. The van der Waals surface area contributed by atoms with Crippen molar-refractivity contribution in [3.8, 4) is 11.5 Å². The molecule has 3 heteroatoms. The highest BCUT2D eigenvalue weighted by Gasteiger charge is 2.22. The fourth-order valence-corrected chi connectivity index (χ4v) is 1.88. The number of aromatic hydroxyl groups is 1. The number of allylic oxidation sites excluding steroid dienone is 1. The molecule has 0 aliphatic heterocycles. The molecule has 0 heterocycles. The van der Waals surface area contributed by atoms with Gasteiger partial charge < -0.3 is 9.84 Å². The molecule has 0 aliphatic carbocycles. The minimum atomic E-state index is -0.0652. The predicted molar refractivity (Wildman–Crippen MR) is 72.5 cm³/mol. The van der Waals surface area contributed by atoms with Crippen LogP contribution in [0, 0.1) is 0 Å². The van der Waals surface area contributed by atoms with Gasteiger partial charge in [-0.3, -0.25) is 4.79 Å². The first kappa shape index (κ1) is 14.3. The van der Waals surface area contributed by atoms with Crippen molar-refractivity contribution in [1.29, 1.82) is 0 Å². The second-order valence-electron chi connectivity index (χ2n) is 4.42. The number of hydrogen-bond acceptors (Lipinski definition) is 3. The average molecular weight is 248 g/mol. The molecular weight excluding hydrogens is 228 g/mol. The molecule has 1 rings (SSSR count). The molecular formula is C15H20O3. The molecule has 0 spiro atoms. The molecule has 1 N–H and O–H groups in total. The van der Waals surface area contributed by atoms with Crippen LogP contribution in [0.3, 0.4) is 0 Å². The summed E-state index contributed by atoms with van der Waals surface area (Å²) in [6, 6.07) is 3.15. The smallest absolute Gasteiger partial charge is 0.166 e. The van der Waals surface area contributed by atoms with Crippen molar-refractivity contribution in [2.45, 2.75) is 33.1 Å². The van der Waals surface area contributed by atoms with Gasteiger partial charge in [0.05, 0.1) is 12.7 Å². The van der Waals surface area contributed by atoms with Crippen molar-refractivity contribution in [3.63, 3.8) is 0 Å². The predicted octanol–water partition coefficient (Wildman–Crippen LogP) is 3.67. The summed E-state index contributed by atoms with van der Waals surface area (Å²) in [5.41, 5.74) is 2.05. The minimum absolute atomic E-state index is 0.00187. The fourth-order valence-electron chi connectivity index (χ4n) is 1.88. The Morgan fingerprint density at radius 3 is 2.56 bits per heavy atom. The number of carbonyl (C=O) groups excluding carboxylic acids is 1. The van der Waals surface area contributed by atoms with Gasteiger partial charge in [-0.05, 0) is 19.1 Å². The average Bonchev–Trinajstić information content (AvgIpc) is 2.36. The summed E-state index contributed by atoms with van der Waals surface area (Å²) in [5.74, 6) is 0.527. The zero-order chi connectivity index (χ0) is 13.9. The van der Waals surface area contributed by atoms with Crippen LogP contribution in [-0.4, -0.2) is 18.0 Å². The van der Waals surface area contributed by atoms with Crippen molar-refractivity contribution < 1.29 is 14.6 Å². The summed E-state index contributed by atoms with van der Waals surface area (Å²) in [6.45, 7) is 9.51. The van der Waals surface area contributed by atoms with Crippen molar-refractivity contribution in [3.05, 3.63) is 35.4 Å². The van der Waals surface area contributed by atoms with Gasteiger partial charge in [0.25, 0.3) is 0 Å². The lowest BCUT2D eigenvalue weighted by atomic mass is 9.90. The standard InChI is InChI=1S/C15H20O3/c1-6-12(16)11-7-8-13(17)14(15(11)18-5)10(4)9(2)3/h7-8,10,17H,2,6H2,1,3-5H3/t10-/m0/s1. The van der Waals surface area contributed by atoms with E-state index in [-0.39, 0.29) is 17.5 Å². The van der Waals surface area contributed by atoms with Crippen molar-refractivity contribution in [1.82, 2.24) is 0 Å². The van der Waals surface area contributed by atoms with Gasteiger partial charge >= 0.3 is 0 Å². The van der Waals surface area contributed by atoms with Crippen LogP contribution in [0.15, 0.2) is 24.3 Å². The summed E-state index contributed by atoms with van der Waals surface area (Å²) in [4.78, 5) is 11.9. The molecule has 0 saturated heterocycles. The molecule has 0 radical (unpaired) electrons. The van der Waals surface area contributed by atoms with Crippen LogP contribution in [-0.2, 0) is 0 Å². The van der Waals surface area contributed by atoms with E-state index >= 15 is 0 Å². The third-order valence-electron chi connectivity index (χ3n) is 3.17. The zero-order valence-corrected chi connectivity index (χ0v) is 11.4. The topological polar surface area (TPSA) is 46.5 Å². The van der Waals surface area contributed by atoms with Crippen LogP contribution >= 0.6 is 0 Å². The van der Waals surface area contributed by atoms with Crippen molar-refractivity contribution >= 4 is 5.78 Å². The molecule has 98 valence electrons. The Kier molecular flexibility index (Phi) is 4.54. The van der Waals surface area contributed by atoms with Gasteiger partial charge in [-0.25, -0.2) is 0 Å². The first-order chi connectivity index (χ1) is 8.43. The van der Waals surface area contributed by atoms with Gasteiger partial charge in [-0.1, -0.05) is 26.0 Å². The number of methoxy groups -OCH3 is 1. The Labute approximate surface area is 108 Å². The SMILES string of the molecule is C=C(C)[C@H](C)c1c(O)ccc(C(=O)CC)c1OC. The van der Waals surface area contributed by atoms with Gasteiger partial charge in [-0.15, -0.1) is 0 Å². The van der Waals surface area contributed by atoms with Crippen LogP contribution in [0.5, 0.6) is 11.5 Å². The highest BCUT2D eigenvalue weighted by atomic mass is 16.5. The second-order valence-corrected chi connectivity index (χ2v) is 4.42. The fraction of sp³-hybridized carbons (Fsp3) is 0.400. The second kappa shape index (κ2) is 5.71. The number of rotatable bonds is 5. The van der Waals surface area contributed by atoms with E-state index in [0.29, 0.717) is 23.3 Å². The molecule has 1 aromatic carbocycles. The minimum Gasteiger partial charge on any atom is -0.508 e. The van der Waals surface area contributed by atoms with Gasteiger partial charge in [-0.2, -0.15) is 0 Å². The Bertz CT molecular complexity index is 475. The summed E-state index contributed by atoms with van der Waals surface area (Å²) in [7, 11) is 1.51. The van der Waals surface area contributed by atoms with Crippen LogP contribution in [0.4, 0.5) is 0 Å². The number of benzene rings is 1. The molecule has 1 atom stereocenters. The van der Waals surface area contributed by atoms with Crippen molar-refractivity contribution in [2.24, 2.45) is 0 Å². The van der Waals surface area contributed by atoms with Gasteiger partial charge in [0.15, 0.2) is 5.78 Å². The van der Waals surface area contributed by atoms with E-state index in [1.807, 2.05) is 13.8 Å². The maximum Gasteiger partial charge on any atom is 0.166 e. The molecule has 0 aromatic heterocycles.